The number of hydrogen-bond donors (Lipinski definition) is 1. The summed E-state index contributed by atoms with van der Waals surface area (Å²) in [6.07, 6.45) is -1.72. The summed E-state index contributed by atoms with van der Waals surface area (Å²) < 4.78 is 46.6. The van der Waals surface area contributed by atoms with Crippen molar-refractivity contribution in [3.63, 3.8) is 0 Å². The number of hydrogen-bond acceptors (Lipinski definition) is 6. The van der Waals surface area contributed by atoms with Crippen LogP contribution in [0.1, 0.15) is 71.2 Å². The molecule has 0 fully saturated rings. The summed E-state index contributed by atoms with van der Waals surface area (Å²) in [6, 6.07) is 20.2. The van der Waals surface area contributed by atoms with Crippen molar-refractivity contribution in [2.45, 2.75) is 78.1 Å². The number of halogens is 1. The fourth-order valence-corrected chi connectivity index (χ4v) is 7.11. The second-order valence-electron chi connectivity index (χ2n) is 11.5. The lowest BCUT2D eigenvalue weighted by molar-refractivity contribution is 0.0498. The van der Waals surface area contributed by atoms with Crippen molar-refractivity contribution in [3.05, 3.63) is 95.3 Å². The van der Waals surface area contributed by atoms with Crippen LogP contribution in [-0.4, -0.2) is 35.4 Å². The first-order valence-corrected chi connectivity index (χ1v) is 15.4. The van der Waals surface area contributed by atoms with Gasteiger partial charge in [0, 0.05) is 11.1 Å². The Labute approximate surface area is 241 Å². The summed E-state index contributed by atoms with van der Waals surface area (Å²) in [5, 5.41) is 2.86. The summed E-state index contributed by atoms with van der Waals surface area (Å²) in [5.41, 5.74) is 3.95. The Hall–Kier alpha value is -3.32. The lowest BCUT2D eigenvalue weighted by Crippen LogP contribution is -2.40. The molecule has 0 spiro atoms. The maximum Gasteiger partial charge on any atom is 0.408 e. The molecule has 41 heavy (non-hydrogen) atoms. The highest BCUT2D eigenvalue weighted by Crippen LogP contribution is 2.59. The SMILES string of the molecule is CC(C)OP(=O)(OC(C)C)C(N=C1c2ccccc2-c2ccccc21)C(NC(=O)OC(C)(C)C)c1ccc(F)cc1. The minimum Gasteiger partial charge on any atom is -0.444 e. The molecule has 9 heteroatoms. The summed E-state index contributed by atoms with van der Waals surface area (Å²) in [5.74, 6) is -1.70. The maximum absolute atomic E-state index is 14.9. The summed E-state index contributed by atoms with van der Waals surface area (Å²) in [7, 11) is -4.11. The fraction of sp³-hybridized carbons (Fsp3) is 0.375. The van der Waals surface area contributed by atoms with E-state index in [9.17, 15) is 13.8 Å². The van der Waals surface area contributed by atoms with Gasteiger partial charge in [0.15, 0.2) is 5.78 Å². The molecular weight excluding hydrogens is 542 g/mol. The van der Waals surface area contributed by atoms with E-state index in [0.717, 1.165) is 22.3 Å². The predicted octanol–water partition coefficient (Wildman–Crippen LogP) is 8.28. The van der Waals surface area contributed by atoms with E-state index < -0.39 is 49.1 Å². The van der Waals surface area contributed by atoms with Gasteiger partial charge in [-0.15, -0.1) is 0 Å². The van der Waals surface area contributed by atoms with Gasteiger partial charge in [0.05, 0.1) is 24.0 Å². The topological polar surface area (TPSA) is 86.2 Å². The average Bonchev–Trinajstić information content (AvgIpc) is 3.18. The summed E-state index contributed by atoms with van der Waals surface area (Å²) >= 11 is 0. The monoisotopic (exact) mass is 580 g/mol. The molecule has 218 valence electrons. The molecule has 0 aliphatic heterocycles. The number of alkyl carbamates (subject to hydrolysis) is 1. The van der Waals surface area contributed by atoms with Crippen LogP contribution < -0.4 is 5.32 Å². The van der Waals surface area contributed by atoms with E-state index in [0.29, 0.717) is 11.3 Å². The molecule has 3 aromatic rings. The van der Waals surface area contributed by atoms with Crippen LogP contribution in [0.2, 0.25) is 0 Å². The number of ether oxygens (including phenoxy) is 1. The van der Waals surface area contributed by atoms with Crippen molar-refractivity contribution in [2.24, 2.45) is 4.99 Å². The molecule has 0 bridgehead atoms. The van der Waals surface area contributed by atoms with E-state index in [1.165, 1.54) is 24.3 Å². The number of amides is 1. The standard InChI is InChI=1S/C32H38FN2O5P/c1-20(2)39-41(37,40-21(3)4)30(28(22-16-18-23(33)19-17-22)35-31(36)38-32(5,6)7)34-29-26-14-10-8-12-24(26)25-13-9-11-15-27(25)29/h8-21,28,30H,1-7H3,(H,35,36). The number of nitrogens with one attached hydrogen (secondary N) is 1. The van der Waals surface area contributed by atoms with Gasteiger partial charge in [-0.1, -0.05) is 60.7 Å². The first kappa shape index (κ1) is 30.6. The molecule has 7 nitrogen and oxygen atoms in total. The van der Waals surface area contributed by atoms with Gasteiger partial charge >= 0.3 is 13.7 Å². The Bertz CT molecular complexity index is 1400. The van der Waals surface area contributed by atoms with Crippen LogP contribution in [0.3, 0.4) is 0 Å². The molecule has 4 rings (SSSR count). The number of fused-ring (bicyclic) bond motifs is 3. The van der Waals surface area contributed by atoms with Gasteiger partial charge in [-0.25, -0.2) is 9.18 Å². The first-order valence-electron chi connectivity index (χ1n) is 13.8. The van der Waals surface area contributed by atoms with Crippen molar-refractivity contribution in [2.75, 3.05) is 0 Å². The molecule has 0 heterocycles. The molecule has 1 amide bonds. The molecule has 1 N–H and O–H groups in total. The van der Waals surface area contributed by atoms with Gasteiger partial charge in [-0.3, -0.25) is 9.56 Å². The van der Waals surface area contributed by atoms with Crippen molar-refractivity contribution in [1.82, 2.24) is 5.32 Å². The smallest absolute Gasteiger partial charge is 0.408 e. The van der Waals surface area contributed by atoms with Crippen molar-refractivity contribution < 1.29 is 27.5 Å². The van der Waals surface area contributed by atoms with Crippen molar-refractivity contribution >= 4 is 19.4 Å². The number of carbonyl (C=O) groups excluding carboxylic acids is 1. The number of carbonyl (C=O) groups is 1. The zero-order chi connectivity index (χ0) is 29.9. The highest BCUT2D eigenvalue weighted by atomic mass is 31.2. The third-order valence-electron chi connectivity index (χ3n) is 6.15. The minimum atomic E-state index is -4.11. The van der Waals surface area contributed by atoms with Gasteiger partial charge < -0.3 is 19.1 Å². The number of aliphatic imine (C=N–C) groups is 1. The van der Waals surface area contributed by atoms with Gasteiger partial charge in [0.2, 0.25) is 0 Å². The highest BCUT2D eigenvalue weighted by Gasteiger charge is 2.46. The largest absolute Gasteiger partial charge is 0.444 e. The lowest BCUT2D eigenvalue weighted by atomic mass is 10.1. The van der Waals surface area contributed by atoms with Gasteiger partial charge in [0.25, 0.3) is 0 Å². The van der Waals surface area contributed by atoms with Crippen molar-refractivity contribution in [1.29, 1.82) is 0 Å². The van der Waals surface area contributed by atoms with Crippen LogP contribution >= 0.6 is 7.60 Å². The maximum atomic E-state index is 14.9. The Morgan fingerprint density at radius 2 is 1.27 bits per heavy atom. The predicted molar refractivity (Wildman–Crippen MR) is 160 cm³/mol. The zero-order valence-electron chi connectivity index (χ0n) is 24.6. The van der Waals surface area contributed by atoms with Crippen LogP contribution in [0.25, 0.3) is 11.1 Å². The quantitative estimate of drug-likeness (QED) is 0.201. The zero-order valence-corrected chi connectivity index (χ0v) is 25.4. The van der Waals surface area contributed by atoms with Crippen LogP contribution in [-0.2, 0) is 18.3 Å². The third-order valence-corrected chi connectivity index (χ3v) is 8.65. The number of benzene rings is 3. The van der Waals surface area contributed by atoms with E-state index >= 15 is 0 Å². The third kappa shape index (κ3) is 7.31. The normalized spacial score (nSPS) is 14.4. The Balaban J connectivity index is 1.98. The number of nitrogens with zero attached hydrogens (tertiary/aromatic N) is 1. The van der Waals surface area contributed by atoms with E-state index in [1.54, 1.807) is 48.5 Å². The lowest BCUT2D eigenvalue weighted by Gasteiger charge is -2.34. The molecule has 2 atom stereocenters. The average molecular weight is 581 g/mol. The Kier molecular flexibility index (Phi) is 9.17. The number of rotatable bonds is 9. The molecule has 1 aliphatic rings. The van der Waals surface area contributed by atoms with Gasteiger partial charge in [-0.05, 0) is 77.3 Å². The molecule has 2 unspecified atom stereocenters. The first-order chi connectivity index (χ1) is 19.3. The Morgan fingerprint density at radius 3 is 1.71 bits per heavy atom. The highest BCUT2D eigenvalue weighted by molar-refractivity contribution is 7.54. The van der Waals surface area contributed by atoms with Crippen LogP contribution in [0.4, 0.5) is 9.18 Å². The second-order valence-corrected chi connectivity index (χ2v) is 13.5. The van der Waals surface area contributed by atoms with Crippen molar-refractivity contribution in [3.8, 4) is 11.1 Å². The van der Waals surface area contributed by atoms with Crippen LogP contribution in [0, 0.1) is 5.82 Å². The molecule has 0 saturated heterocycles. The van der Waals surface area contributed by atoms with Gasteiger partial charge in [0.1, 0.15) is 11.4 Å². The van der Waals surface area contributed by atoms with Crippen LogP contribution in [0.15, 0.2) is 77.8 Å². The molecule has 0 aromatic heterocycles. The molecule has 1 aliphatic carbocycles. The Morgan fingerprint density at radius 1 is 0.805 bits per heavy atom. The fourth-order valence-electron chi connectivity index (χ4n) is 4.77. The van der Waals surface area contributed by atoms with Crippen LogP contribution in [0.5, 0.6) is 0 Å². The molecule has 0 saturated carbocycles. The molecule has 3 aromatic carbocycles. The molecular formula is C32H38FN2O5P. The van der Waals surface area contributed by atoms with E-state index in [-0.39, 0.29) is 0 Å². The second kappa shape index (κ2) is 12.3. The van der Waals surface area contributed by atoms with E-state index in [4.69, 9.17) is 18.8 Å². The van der Waals surface area contributed by atoms with E-state index in [2.05, 4.69) is 5.32 Å². The summed E-state index contributed by atoms with van der Waals surface area (Å²) in [6.45, 7) is 12.3. The van der Waals surface area contributed by atoms with E-state index in [1.807, 2.05) is 48.5 Å². The van der Waals surface area contributed by atoms with Gasteiger partial charge in [-0.2, -0.15) is 0 Å². The minimum absolute atomic E-state index is 0.452. The molecule has 0 radical (unpaired) electrons. The summed E-state index contributed by atoms with van der Waals surface area (Å²) in [4.78, 5) is 18.3.